The Morgan fingerprint density at radius 2 is 1.25 bits per heavy atom. The first kappa shape index (κ1) is 27.2. The van der Waals surface area contributed by atoms with E-state index in [1.165, 1.54) is 0 Å². The molecule has 192 valence electrons. The van der Waals surface area contributed by atoms with E-state index < -0.39 is 54.2 Å². The highest BCUT2D eigenvalue weighted by atomic mass is 19.4. The number of carboxylic acids is 1. The number of benzene rings is 3. The van der Waals surface area contributed by atoms with E-state index in [0.717, 1.165) is 0 Å². The number of nitrogens with one attached hydrogen (secondary N) is 1. The second-order valence-electron chi connectivity index (χ2n) is 8.17. The molecule has 0 spiro atoms. The van der Waals surface area contributed by atoms with E-state index in [4.69, 9.17) is 4.74 Å². The Labute approximate surface area is 203 Å². The molecular formula is C26H23F6NO3. The third kappa shape index (κ3) is 6.24. The van der Waals surface area contributed by atoms with Gasteiger partial charge in [0.15, 0.2) is 0 Å². The second kappa shape index (κ2) is 10.7. The molecule has 0 saturated heterocycles. The van der Waals surface area contributed by atoms with Crippen molar-refractivity contribution in [1.82, 2.24) is 5.32 Å². The summed E-state index contributed by atoms with van der Waals surface area (Å²) in [7, 11) is 0. The van der Waals surface area contributed by atoms with Crippen molar-refractivity contribution in [2.45, 2.75) is 37.5 Å². The van der Waals surface area contributed by atoms with Gasteiger partial charge in [-0.25, -0.2) is 0 Å². The van der Waals surface area contributed by atoms with E-state index >= 15 is 0 Å². The number of alkyl halides is 6. The van der Waals surface area contributed by atoms with Crippen LogP contribution >= 0.6 is 0 Å². The van der Waals surface area contributed by atoms with Gasteiger partial charge in [0.25, 0.3) is 0 Å². The van der Waals surface area contributed by atoms with Crippen LogP contribution in [0.2, 0.25) is 0 Å². The number of rotatable bonds is 9. The fourth-order valence-corrected chi connectivity index (χ4v) is 4.01. The third-order valence-electron chi connectivity index (χ3n) is 5.69. The summed E-state index contributed by atoms with van der Waals surface area (Å²) in [6.45, 7) is 0.569. The predicted octanol–water partition coefficient (Wildman–Crippen LogP) is 6.25. The number of hydrogen-bond acceptors (Lipinski definition) is 3. The zero-order valence-corrected chi connectivity index (χ0v) is 19.0. The summed E-state index contributed by atoms with van der Waals surface area (Å²) in [4.78, 5) is 11.2. The monoisotopic (exact) mass is 511 g/mol. The van der Waals surface area contributed by atoms with Gasteiger partial charge in [-0.15, -0.1) is 0 Å². The molecule has 1 unspecified atom stereocenters. The van der Waals surface area contributed by atoms with E-state index in [-0.39, 0.29) is 11.6 Å². The molecule has 3 aromatic rings. The van der Waals surface area contributed by atoms with Crippen molar-refractivity contribution in [3.63, 3.8) is 0 Å². The second-order valence-corrected chi connectivity index (χ2v) is 8.17. The fourth-order valence-electron chi connectivity index (χ4n) is 4.01. The Hall–Kier alpha value is -3.37. The van der Waals surface area contributed by atoms with Gasteiger partial charge in [0, 0.05) is 6.04 Å². The van der Waals surface area contributed by atoms with Gasteiger partial charge in [0.1, 0.15) is 5.60 Å². The van der Waals surface area contributed by atoms with Crippen LogP contribution in [0.25, 0.3) is 0 Å². The molecular weight excluding hydrogens is 488 g/mol. The fraction of sp³-hybridized carbons (Fsp3) is 0.269. The Bertz CT molecular complexity index is 1090. The number of ether oxygens (including phenoxy) is 1. The highest BCUT2D eigenvalue weighted by Crippen LogP contribution is 2.40. The molecule has 0 aliphatic rings. The number of carbonyl (C=O) groups is 1. The largest absolute Gasteiger partial charge is 0.480 e. The van der Waals surface area contributed by atoms with E-state index in [1.54, 1.807) is 67.6 Å². The molecule has 0 saturated carbocycles. The van der Waals surface area contributed by atoms with Gasteiger partial charge in [-0.1, -0.05) is 60.7 Å². The van der Waals surface area contributed by atoms with Crippen LogP contribution in [-0.4, -0.2) is 23.7 Å². The zero-order chi connectivity index (χ0) is 26.6. The van der Waals surface area contributed by atoms with Gasteiger partial charge in [0.2, 0.25) is 0 Å². The molecule has 10 heteroatoms. The summed E-state index contributed by atoms with van der Waals surface area (Å²) in [5, 5.41) is 12.0. The molecule has 0 aliphatic carbocycles. The molecule has 1 atom stereocenters. The SMILES string of the molecule is CC(NCC(=O)O)C(OCc1cc(C(F)(F)F)cc(C(F)(F)F)c1)(c1ccccc1)c1ccccc1. The van der Waals surface area contributed by atoms with Crippen LogP contribution in [0.3, 0.4) is 0 Å². The first-order valence-electron chi connectivity index (χ1n) is 10.8. The number of halogens is 6. The number of hydrogen-bond donors (Lipinski definition) is 2. The number of carboxylic acid groups (broad SMARTS) is 1. The normalized spacial score (nSPS) is 13.4. The Morgan fingerprint density at radius 3 is 1.64 bits per heavy atom. The minimum atomic E-state index is -5.00. The van der Waals surface area contributed by atoms with Gasteiger partial charge < -0.3 is 15.2 Å². The summed E-state index contributed by atoms with van der Waals surface area (Å²) in [5.41, 5.74) is -3.62. The Morgan fingerprint density at radius 1 is 0.806 bits per heavy atom. The summed E-state index contributed by atoms with van der Waals surface area (Å²) in [6, 6.07) is 17.6. The maximum atomic E-state index is 13.4. The molecule has 0 aromatic heterocycles. The lowest BCUT2D eigenvalue weighted by Crippen LogP contribution is -2.50. The van der Waals surface area contributed by atoms with Crippen molar-refractivity contribution < 1.29 is 41.0 Å². The van der Waals surface area contributed by atoms with Crippen LogP contribution in [0.15, 0.2) is 78.9 Å². The van der Waals surface area contributed by atoms with Crippen molar-refractivity contribution >= 4 is 5.97 Å². The minimum absolute atomic E-state index is 0.0577. The highest BCUT2D eigenvalue weighted by Gasteiger charge is 2.42. The van der Waals surface area contributed by atoms with Crippen LogP contribution in [0, 0.1) is 0 Å². The van der Waals surface area contributed by atoms with E-state index in [2.05, 4.69) is 5.32 Å². The maximum Gasteiger partial charge on any atom is 0.416 e. The van der Waals surface area contributed by atoms with Gasteiger partial charge in [0.05, 0.1) is 24.3 Å². The van der Waals surface area contributed by atoms with Crippen molar-refractivity contribution in [3.8, 4) is 0 Å². The lowest BCUT2D eigenvalue weighted by molar-refractivity contribution is -0.143. The Kier molecular flexibility index (Phi) is 8.10. The smallest absolute Gasteiger partial charge is 0.416 e. The first-order valence-corrected chi connectivity index (χ1v) is 10.8. The molecule has 0 radical (unpaired) electrons. The zero-order valence-electron chi connectivity index (χ0n) is 19.0. The standard InChI is InChI=1S/C26H23F6NO3/c1-17(33-15-23(34)35)24(19-8-4-2-5-9-19,20-10-6-3-7-11-20)36-16-18-12-21(25(27,28)29)14-22(13-18)26(30,31)32/h2-14,17,33H,15-16H2,1H3,(H,34,35). The van der Waals surface area contributed by atoms with Crippen molar-refractivity contribution in [2.24, 2.45) is 0 Å². The lowest BCUT2D eigenvalue weighted by atomic mass is 9.80. The molecule has 0 amide bonds. The van der Waals surface area contributed by atoms with Gasteiger partial charge in [-0.05, 0) is 41.8 Å². The van der Waals surface area contributed by atoms with E-state index in [0.29, 0.717) is 23.3 Å². The third-order valence-corrected chi connectivity index (χ3v) is 5.69. The summed E-state index contributed by atoms with van der Waals surface area (Å²) >= 11 is 0. The molecule has 0 bridgehead atoms. The van der Waals surface area contributed by atoms with Crippen LogP contribution in [-0.2, 0) is 34.1 Å². The van der Waals surface area contributed by atoms with E-state index in [1.807, 2.05) is 0 Å². The molecule has 0 fully saturated rings. The van der Waals surface area contributed by atoms with Crippen molar-refractivity contribution in [3.05, 3.63) is 107 Å². The highest BCUT2D eigenvalue weighted by molar-refractivity contribution is 5.69. The molecule has 0 heterocycles. The average Bonchev–Trinajstić information content (AvgIpc) is 2.83. The molecule has 36 heavy (non-hydrogen) atoms. The molecule has 3 rings (SSSR count). The van der Waals surface area contributed by atoms with Crippen molar-refractivity contribution in [1.29, 1.82) is 0 Å². The van der Waals surface area contributed by atoms with Crippen LogP contribution < -0.4 is 5.32 Å². The van der Waals surface area contributed by atoms with Crippen molar-refractivity contribution in [2.75, 3.05) is 6.54 Å². The predicted molar refractivity (Wildman–Crippen MR) is 120 cm³/mol. The van der Waals surface area contributed by atoms with Crippen LogP contribution in [0.5, 0.6) is 0 Å². The van der Waals surface area contributed by atoms with Gasteiger partial charge in [-0.3, -0.25) is 4.79 Å². The molecule has 2 N–H and O–H groups in total. The Balaban J connectivity index is 2.14. The summed E-state index contributed by atoms with van der Waals surface area (Å²) < 4.78 is 86.5. The quantitative estimate of drug-likeness (QED) is 0.334. The van der Waals surface area contributed by atoms with Crippen LogP contribution in [0.4, 0.5) is 26.3 Å². The maximum absolute atomic E-state index is 13.4. The van der Waals surface area contributed by atoms with E-state index in [9.17, 15) is 36.2 Å². The first-order chi connectivity index (χ1) is 16.8. The number of aliphatic carboxylic acids is 1. The van der Waals surface area contributed by atoms with Gasteiger partial charge >= 0.3 is 18.3 Å². The molecule has 0 aliphatic heterocycles. The summed E-state index contributed by atoms with van der Waals surface area (Å²) in [5.74, 6) is -1.15. The van der Waals surface area contributed by atoms with Crippen LogP contribution in [0.1, 0.15) is 34.7 Å². The lowest BCUT2D eigenvalue weighted by Gasteiger charge is -2.40. The average molecular weight is 511 g/mol. The molecule has 3 aromatic carbocycles. The topological polar surface area (TPSA) is 58.6 Å². The van der Waals surface area contributed by atoms with Gasteiger partial charge in [-0.2, -0.15) is 26.3 Å². The minimum Gasteiger partial charge on any atom is -0.480 e. The molecule has 4 nitrogen and oxygen atoms in total. The summed E-state index contributed by atoms with van der Waals surface area (Å²) in [6.07, 6.45) is -10.00.